The second kappa shape index (κ2) is 6.25. The summed E-state index contributed by atoms with van der Waals surface area (Å²) in [6.45, 7) is 3.42. The van der Waals surface area contributed by atoms with Gasteiger partial charge in [0.2, 0.25) is 0 Å². The fraction of sp³-hybridized carbons (Fsp3) is 0.333. The van der Waals surface area contributed by atoms with E-state index in [1.807, 2.05) is 12.4 Å². The average Bonchev–Trinajstić information content (AvgIpc) is 3.27. The standard InChI is InChI=1S/C21H23N5/c1-25-17(14-26-9-3-2-4-10-26)12-19-18(7-8-22-21(19)25)15-5-6-20-16(11-15)13-23-24-20/h5-8,11-13H,2-4,9-10,14H2,1H3,(H,23,24). The summed E-state index contributed by atoms with van der Waals surface area (Å²) < 4.78 is 2.25. The van der Waals surface area contributed by atoms with E-state index in [0.29, 0.717) is 0 Å². The Hall–Kier alpha value is -2.66. The second-order valence-electron chi connectivity index (χ2n) is 7.30. The molecule has 5 nitrogen and oxygen atoms in total. The highest BCUT2D eigenvalue weighted by Crippen LogP contribution is 2.31. The first-order chi connectivity index (χ1) is 12.8. The van der Waals surface area contributed by atoms with Crippen molar-refractivity contribution in [3.8, 4) is 11.1 Å². The number of pyridine rings is 1. The van der Waals surface area contributed by atoms with Gasteiger partial charge >= 0.3 is 0 Å². The lowest BCUT2D eigenvalue weighted by molar-refractivity contribution is 0.217. The molecule has 3 aromatic heterocycles. The summed E-state index contributed by atoms with van der Waals surface area (Å²) in [5.41, 5.74) is 5.91. The minimum absolute atomic E-state index is 1.01. The first-order valence-corrected chi connectivity index (χ1v) is 9.39. The number of rotatable bonds is 3. The third kappa shape index (κ3) is 2.59. The van der Waals surface area contributed by atoms with Gasteiger partial charge in [0.15, 0.2) is 0 Å². The van der Waals surface area contributed by atoms with Crippen LogP contribution in [0.15, 0.2) is 42.7 Å². The van der Waals surface area contributed by atoms with Gasteiger partial charge in [-0.2, -0.15) is 5.10 Å². The molecule has 0 radical (unpaired) electrons. The van der Waals surface area contributed by atoms with Crippen LogP contribution in [0.1, 0.15) is 25.0 Å². The smallest absolute Gasteiger partial charge is 0.140 e. The van der Waals surface area contributed by atoms with Gasteiger partial charge in [-0.15, -0.1) is 0 Å². The van der Waals surface area contributed by atoms with Gasteiger partial charge in [0.05, 0.1) is 11.7 Å². The predicted octanol–water partition coefficient (Wildman–Crippen LogP) is 4.10. The molecule has 0 aliphatic carbocycles. The van der Waals surface area contributed by atoms with E-state index in [1.54, 1.807) is 0 Å². The van der Waals surface area contributed by atoms with E-state index in [9.17, 15) is 0 Å². The third-order valence-corrected chi connectivity index (χ3v) is 5.61. The SMILES string of the molecule is Cn1c(CN2CCCCC2)cc2c(-c3ccc4[nH]ncc4c3)ccnc21. The molecule has 0 amide bonds. The molecule has 0 spiro atoms. The monoisotopic (exact) mass is 345 g/mol. The number of nitrogens with one attached hydrogen (secondary N) is 1. The molecule has 5 heteroatoms. The number of hydrogen-bond donors (Lipinski definition) is 1. The van der Waals surface area contributed by atoms with Crippen LogP contribution < -0.4 is 0 Å². The van der Waals surface area contributed by atoms with Crippen LogP contribution in [-0.4, -0.2) is 37.7 Å². The molecule has 5 rings (SSSR count). The molecule has 1 aliphatic rings. The molecule has 1 aliphatic heterocycles. The minimum atomic E-state index is 1.01. The van der Waals surface area contributed by atoms with E-state index in [2.05, 4.69) is 62.0 Å². The van der Waals surface area contributed by atoms with Crippen molar-refractivity contribution in [1.29, 1.82) is 0 Å². The fourth-order valence-electron chi connectivity index (χ4n) is 4.13. The summed E-state index contributed by atoms with van der Waals surface area (Å²) in [6.07, 6.45) is 7.80. The number of aromatic nitrogens is 4. The highest BCUT2D eigenvalue weighted by atomic mass is 15.2. The van der Waals surface area contributed by atoms with Crippen LogP contribution in [0.5, 0.6) is 0 Å². The Labute approximate surface area is 152 Å². The zero-order valence-electron chi connectivity index (χ0n) is 15.1. The largest absolute Gasteiger partial charge is 0.331 e. The molecule has 1 saturated heterocycles. The molecule has 0 atom stereocenters. The minimum Gasteiger partial charge on any atom is -0.331 e. The molecule has 1 fully saturated rings. The quantitative estimate of drug-likeness (QED) is 0.608. The topological polar surface area (TPSA) is 49.7 Å². The van der Waals surface area contributed by atoms with Crippen molar-refractivity contribution in [1.82, 2.24) is 24.6 Å². The normalized spacial score (nSPS) is 15.9. The summed E-state index contributed by atoms with van der Waals surface area (Å²) in [7, 11) is 2.14. The molecule has 1 N–H and O–H groups in total. The summed E-state index contributed by atoms with van der Waals surface area (Å²) in [6, 6.07) is 10.9. The summed E-state index contributed by atoms with van der Waals surface area (Å²) >= 11 is 0. The number of hydrogen-bond acceptors (Lipinski definition) is 3. The van der Waals surface area contributed by atoms with E-state index in [-0.39, 0.29) is 0 Å². The number of aryl methyl sites for hydroxylation is 1. The Bertz CT molecular complexity index is 1070. The van der Waals surface area contributed by atoms with Crippen LogP contribution in [0.2, 0.25) is 0 Å². The third-order valence-electron chi connectivity index (χ3n) is 5.61. The summed E-state index contributed by atoms with van der Waals surface area (Å²) in [4.78, 5) is 7.22. The van der Waals surface area contributed by atoms with Gasteiger partial charge in [-0.3, -0.25) is 10.00 Å². The van der Waals surface area contributed by atoms with Crippen LogP contribution in [0.25, 0.3) is 33.1 Å². The van der Waals surface area contributed by atoms with Gasteiger partial charge in [0, 0.05) is 36.3 Å². The van der Waals surface area contributed by atoms with Gasteiger partial charge in [0.25, 0.3) is 0 Å². The predicted molar refractivity (Wildman–Crippen MR) is 105 cm³/mol. The van der Waals surface area contributed by atoms with Crippen molar-refractivity contribution < 1.29 is 0 Å². The van der Waals surface area contributed by atoms with E-state index in [4.69, 9.17) is 0 Å². The Morgan fingerprint density at radius 2 is 1.96 bits per heavy atom. The van der Waals surface area contributed by atoms with Gasteiger partial charge in [0.1, 0.15) is 5.65 Å². The molecule has 4 heterocycles. The molecule has 132 valence electrons. The Balaban J connectivity index is 1.58. The number of nitrogens with zero attached hydrogens (tertiary/aromatic N) is 4. The first-order valence-electron chi connectivity index (χ1n) is 9.39. The van der Waals surface area contributed by atoms with Crippen LogP contribution in [0.4, 0.5) is 0 Å². The van der Waals surface area contributed by atoms with Crippen LogP contribution in [0, 0.1) is 0 Å². The molecular formula is C21H23N5. The maximum atomic E-state index is 4.66. The summed E-state index contributed by atoms with van der Waals surface area (Å²) in [5, 5.41) is 9.52. The lowest BCUT2D eigenvalue weighted by Gasteiger charge is -2.26. The number of piperidine rings is 1. The van der Waals surface area contributed by atoms with E-state index >= 15 is 0 Å². The van der Waals surface area contributed by atoms with Crippen LogP contribution in [0.3, 0.4) is 0 Å². The van der Waals surface area contributed by atoms with Crippen molar-refractivity contribution in [2.75, 3.05) is 13.1 Å². The van der Waals surface area contributed by atoms with Crippen molar-refractivity contribution in [3.63, 3.8) is 0 Å². The molecule has 0 unspecified atom stereocenters. The fourth-order valence-corrected chi connectivity index (χ4v) is 4.13. The zero-order valence-corrected chi connectivity index (χ0v) is 15.1. The van der Waals surface area contributed by atoms with Crippen molar-refractivity contribution >= 4 is 21.9 Å². The Morgan fingerprint density at radius 1 is 1.08 bits per heavy atom. The zero-order chi connectivity index (χ0) is 17.5. The number of benzene rings is 1. The molecule has 0 bridgehead atoms. The van der Waals surface area contributed by atoms with Crippen molar-refractivity contribution in [3.05, 3.63) is 48.4 Å². The lowest BCUT2D eigenvalue weighted by Crippen LogP contribution is -2.29. The van der Waals surface area contributed by atoms with Gasteiger partial charge in [-0.25, -0.2) is 4.98 Å². The second-order valence-corrected chi connectivity index (χ2v) is 7.30. The van der Waals surface area contributed by atoms with E-state index < -0.39 is 0 Å². The van der Waals surface area contributed by atoms with Crippen molar-refractivity contribution in [2.24, 2.45) is 7.05 Å². The average molecular weight is 345 g/mol. The van der Waals surface area contributed by atoms with Gasteiger partial charge in [-0.05, 0) is 61.3 Å². The highest BCUT2D eigenvalue weighted by molar-refractivity contribution is 5.96. The van der Waals surface area contributed by atoms with Crippen LogP contribution >= 0.6 is 0 Å². The maximum absolute atomic E-state index is 4.66. The molecule has 4 aromatic rings. The number of likely N-dealkylation sites (tertiary alicyclic amines) is 1. The van der Waals surface area contributed by atoms with Crippen LogP contribution in [-0.2, 0) is 13.6 Å². The van der Waals surface area contributed by atoms with Crippen molar-refractivity contribution in [2.45, 2.75) is 25.8 Å². The molecule has 1 aromatic carbocycles. The van der Waals surface area contributed by atoms with E-state index in [0.717, 1.165) is 23.1 Å². The lowest BCUT2D eigenvalue weighted by atomic mass is 10.0. The highest BCUT2D eigenvalue weighted by Gasteiger charge is 2.16. The molecular weight excluding hydrogens is 322 g/mol. The summed E-state index contributed by atoms with van der Waals surface area (Å²) in [5.74, 6) is 0. The Morgan fingerprint density at radius 3 is 2.85 bits per heavy atom. The Kier molecular flexibility index (Phi) is 3.75. The van der Waals surface area contributed by atoms with Gasteiger partial charge < -0.3 is 4.57 Å². The molecule has 26 heavy (non-hydrogen) atoms. The van der Waals surface area contributed by atoms with Gasteiger partial charge in [-0.1, -0.05) is 12.5 Å². The number of fused-ring (bicyclic) bond motifs is 2. The first kappa shape index (κ1) is 15.6. The number of aromatic amines is 1. The molecule has 0 saturated carbocycles. The number of H-pyrrole nitrogens is 1. The maximum Gasteiger partial charge on any atom is 0.140 e. The van der Waals surface area contributed by atoms with E-state index in [1.165, 1.54) is 54.6 Å².